The molecule has 52 heavy (non-hydrogen) atoms. The van der Waals surface area contributed by atoms with Crippen LogP contribution in [0.5, 0.6) is 11.5 Å². The predicted octanol–water partition coefficient (Wildman–Crippen LogP) is 13.5. The van der Waals surface area contributed by atoms with E-state index >= 15 is 0 Å². The first-order valence-corrected chi connectivity index (χ1v) is 17.8. The van der Waals surface area contributed by atoms with Gasteiger partial charge in [-0.2, -0.15) is 0 Å². The molecular formula is C49H34N2O. The van der Waals surface area contributed by atoms with Gasteiger partial charge in [-0.1, -0.05) is 121 Å². The zero-order chi connectivity index (χ0) is 34.6. The summed E-state index contributed by atoms with van der Waals surface area (Å²) in [6.45, 7) is 2.17. The average molecular weight is 667 g/mol. The van der Waals surface area contributed by atoms with Crippen LogP contribution in [-0.4, -0.2) is 9.55 Å². The summed E-state index contributed by atoms with van der Waals surface area (Å²) in [4.78, 5) is 3.60. The van der Waals surface area contributed by atoms with E-state index in [4.69, 9.17) is 4.74 Å². The number of aromatic nitrogens is 2. The summed E-state index contributed by atoms with van der Waals surface area (Å²) in [5, 5.41) is 4.99. The largest absolute Gasteiger partial charge is 0.457 e. The number of benzene rings is 8. The van der Waals surface area contributed by atoms with Crippen LogP contribution in [0, 0.1) is 6.92 Å². The minimum atomic E-state index is 0.824. The van der Waals surface area contributed by atoms with Gasteiger partial charge in [0.1, 0.15) is 11.5 Å². The average Bonchev–Trinajstić information content (AvgIpc) is 3.74. The SMILES string of the molecule is Cc1ccc(-c2ccc3c4ccccc4n(-c4ccc(-c5ccc6c(c5)[nH]c5ccccc56)cc4)c3c2)cc1-c1ccccc1Oc1ccccc1. The van der Waals surface area contributed by atoms with E-state index < -0.39 is 0 Å². The molecular weight excluding hydrogens is 633 g/mol. The monoisotopic (exact) mass is 666 g/mol. The summed E-state index contributed by atoms with van der Waals surface area (Å²) in [7, 11) is 0. The van der Waals surface area contributed by atoms with Gasteiger partial charge in [0.05, 0.1) is 11.0 Å². The topological polar surface area (TPSA) is 29.9 Å². The van der Waals surface area contributed by atoms with Gasteiger partial charge in [0.15, 0.2) is 0 Å². The molecule has 0 aliphatic heterocycles. The Labute approximate surface area is 302 Å². The lowest BCUT2D eigenvalue weighted by Crippen LogP contribution is -1.94. The normalized spacial score (nSPS) is 11.6. The van der Waals surface area contributed by atoms with Crippen LogP contribution in [0.4, 0.5) is 0 Å². The second kappa shape index (κ2) is 12.2. The smallest absolute Gasteiger partial charge is 0.135 e. The number of aryl methyl sites for hydroxylation is 1. The fraction of sp³-hybridized carbons (Fsp3) is 0.0204. The van der Waals surface area contributed by atoms with Crippen molar-refractivity contribution in [1.29, 1.82) is 0 Å². The molecule has 0 aliphatic rings. The van der Waals surface area contributed by atoms with Crippen molar-refractivity contribution in [3.8, 4) is 50.6 Å². The van der Waals surface area contributed by atoms with Gasteiger partial charge in [-0.3, -0.25) is 0 Å². The number of ether oxygens (including phenoxy) is 1. The van der Waals surface area contributed by atoms with E-state index in [1.165, 1.54) is 60.3 Å². The fourth-order valence-corrected chi connectivity index (χ4v) is 7.75. The number of fused-ring (bicyclic) bond motifs is 6. The van der Waals surface area contributed by atoms with E-state index in [1.807, 2.05) is 42.5 Å². The quantitative estimate of drug-likeness (QED) is 0.188. The Morgan fingerprint density at radius 2 is 1.04 bits per heavy atom. The number of aromatic amines is 1. The zero-order valence-corrected chi connectivity index (χ0v) is 28.7. The predicted molar refractivity (Wildman–Crippen MR) is 218 cm³/mol. The van der Waals surface area contributed by atoms with Crippen LogP contribution in [0.2, 0.25) is 0 Å². The highest BCUT2D eigenvalue weighted by atomic mass is 16.5. The van der Waals surface area contributed by atoms with Crippen molar-refractivity contribution in [2.45, 2.75) is 6.92 Å². The second-order valence-electron chi connectivity index (χ2n) is 13.5. The van der Waals surface area contributed by atoms with E-state index in [2.05, 4.69) is 156 Å². The second-order valence-corrected chi connectivity index (χ2v) is 13.5. The molecule has 2 aromatic heterocycles. The molecule has 8 aromatic carbocycles. The molecule has 0 spiro atoms. The number of para-hydroxylation sites is 4. The van der Waals surface area contributed by atoms with E-state index in [-0.39, 0.29) is 0 Å². The number of hydrogen-bond donors (Lipinski definition) is 1. The minimum Gasteiger partial charge on any atom is -0.457 e. The highest BCUT2D eigenvalue weighted by Gasteiger charge is 2.16. The van der Waals surface area contributed by atoms with Crippen LogP contribution in [0.25, 0.3) is 82.7 Å². The molecule has 0 fully saturated rings. The van der Waals surface area contributed by atoms with Crippen molar-refractivity contribution in [3.63, 3.8) is 0 Å². The Hall–Kier alpha value is -6.84. The summed E-state index contributed by atoms with van der Waals surface area (Å²) < 4.78 is 8.78. The number of nitrogens with one attached hydrogen (secondary N) is 1. The number of nitrogens with zero attached hydrogens (tertiary/aromatic N) is 1. The molecule has 0 saturated heterocycles. The van der Waals surface area contributed by atoms with Crippen LogP contribution < -0.4 is 4.74 Å². The third-order valence-electron chi connectivity index (χ3n) is 10.4. The highest BCUT2D eigenvalue weighted by molar-refractivity contribution is 6.10. The Kier molecular flexibility index (Phi) is 7.04. The number of hydrogen-bond acceptors (Lipinski definition) is 1. The Balaban J connectivity index is 1.05. The maximum atomic E-state index is 6.38. The van der Waals surface area contributed by atoms with Gasteiger partial charge in [0, 0.05) is 43.8 Å². The van der Waals surface area contributed by atoms with E-state index in [0.29, 0.717) is 0 Å². The summed E-state index contributed by atoms with van der Waals surface area (Å²) >= 11 is 0. The fourth-order valence-electron chi connectivity index (χ4n) is 7.75. The van der Waals surface area contributed by atoms with Crippen molar-refractivity contribution in [2.75, 3.05) is 0 Å². The zero-order valence-electron chi connectivity index (χ0n) is 28.7. The van der Waals surface area contributed by atoms with Crippen LogP contribution in [0.1, 0.15) is 5.56 Å². The summed E-state index contributed by atoms with van der Waals surface area (Å²) in [6, 6.07) is 64.8. The van der Waals surface area contributed by atoms with Gasteiger partial charge in [-0.25, -0.2) is 0 Å². The lowest BCUT2D eigenvalue weighted by atomic mass is 9.94. The molecule has 0 unspecified atom stereocenters. The van der Waals surface area contributed by atoms with Crippen molar-refractivity contribution in [3.05, 3.63) is 188 Å². The molecule has 246 valence electrons. The molecule has 0 saturated carbocycles. The highest BCUT2D eigenvalue weighted by Crippen LogP contribution is 2.40. The Morgan fingerprint density at radius 1 is 0.423 bits per heavy atom. The molecule has 10 aromatic rings. The first-order chi connectivity index (χ1) is 25.7. The molecule has 3 heteroatoms. The van der Waals surface area contributed by atoms with Crippen LogP contribution in [-0.2, 0) is 0 Å². The van der Waals surface area contributed by atoms with Crippen LogP contribution in [0.3, 0.4) is 0 Å². The van der Waals surface area contributed by atoms with E-state index in [0.717, 1.165) is 39.4 Å². The van der Waals surface area contributed by atoms with Gasteiger partial charge >= 0.3 is 0 Å². The van der Waals surface area contributed by atoms with Crippen molar-refractivity contribution < 1.29 is 4.74 Å². The van der Waals surface area contributed by atoms with Gasteiger partial charge in [0.2, 0.25) is 0 Å². The molecule has 0 amide bonds. The van der Waals surface area contributed by atoms with Crippen molar-refractivity contribution >= 4 is 43.6 Å². The molecule has 2 heterocycles. The Morgan fingerprint density at radius 3 is 1.90 bits per heavy atom. The Bertz CT molecular complexity index is 2930. The van der Waals surface area contributed by atoms with Gasteiger partial charge in [-0.15, -0.1) is 0 Å². The summed E-state index contributed by atoms with van der Waals surface area (Å²) in [5.41, 5.74) is 14.0. The molecule has 0 radical (unpaired) electrons. The number of H-pyrrole nitrogens is 1. The van der Waals surface area contributed by atoms with E-state index in [9.17, 15) is 0 Å². The van der Waals surface area contributed by atoms with E-state index in [1.54, 1.807) is 0 Å². The third kappa shape index (κ3) is 5.06. The maximum absolute atomic E-state index is 6.38. The molecule has 1 N–H and O–H groups in total. The standard InChI is InChI=1S/C49H34N2O/c1-32-19-20-34(29-44(32)43-15-7-10-18-49(43)52-38-11-3-2-4-12-38)36-24-28-42-41-14-6-9-17-47(41)51(48(42)31-36)37-25-21-33(22-26-37)35-23-27-40-39-13-5-8-16-45(39)50-46(40)30-35/h2-31,50H,1H3. The maximum Gasteiger partial charge on any atom is 0.135 e. The summed E-state index contributed by atoms with van der Waals surface area (Å²) in [5.74, 6) is 1.67. The molecule has 3 nitrogen and oxygen atoms in total. The molecule has 10 rings (SSSR count). The molecule has 0 bridgehead atoms. The molecule has 0 atom stereocenters. The lowest BCUT2D eigenvalue weighted by molar-refractivity contribution is 0.484. The lowest BCUT2D eigenvalue weighted by Gasteiger charge is -2.15. The van der Waals surface area contributed by atoms with Crippen LogP contribution >= 0.6 is 0 Å². The van der Waals surface area contributed by atoms with Gasteiger partial charge in [-0.05, 0) is 101 Å². The summed E-state index contributed by atoms with van der Waals surface area (Å²) in [6.07, 6.45) is 0. The molecule has 0 aliphatic carbocycles. The van der Waals surface area contributed by atoms with Crippen molar-refractivity contribution in [1.82, 2.24) is 9.55 Å². The first-order valence-electron chi connectivity index (χ1n) is 17.8. The van der Waals surface area contributed by atoms with Crippen LogP contribution in [0.15, 0.2) is 182 Å². The van der Waals surface area contributed by atoms with Gasteiger partial charge < -0.3 is 14.3 Å². The first kappa shape index (κ1) is 30.0. The minimum absolute atomic E-state index is 0.824. The van der Waals surface area contributed by atoms with Crippen molar-refractivity contribution in [2.24, 2.45) is 0 Å². The number of rotatable bonds is 6. The van der Waals surface area contributed by atoms with Gasteiger partial charge in [0.25, 0.3) is 0 Å². The third-order valence-corrected chi connectivity index (χ3v) is 10.4.